The molecule has 3 heteroatoms. The van der Waals surface area contributed by atoms with Gasteiger partial charge in [-0.1, -0.05) is 24.3 Å². The third kappa shape index (κ3) is 3.65. The predicted octanol–water partition coefficient (Wildman–Crippen LogP) is 2.32. The van der Waals surface area contributed by atoms with Crippen LogP contribution in [0.15, 0.2) is 24.3 Å². The molecule has 1 N–H and O–H groups in total. The Morgan fingerprint density at radius 2 is 2.05 bits per heavy atom. The van der Waals surface area contributed by atoms with Crippen LogP contribution in [0.25, 0.3) is 0 Å². The molecule has 1 aromatic rings. The molecule has 3 nitrogen and oxygen atoms in total. The van der Waals surface area contributed by atoms with Crippen molar-refractivity contribution in [2.75, 3.05) is 33.7 Å². The van der Waals surface area contributed by atoms with Crippen LogP contribution in [0.2, 0.25) is 0 Å². The summed E-state index contributed by atoms with van der Waals surface area (Å²) in [6.07, 6.45) is 4.14. The van der Waals surface area contributed by atoms with E-state index in [1.54, 1.807) is 0 Å². The minimum absolute atomic E-state index is 0.839. The minimum Gasteiger partial charge on any atom is -0.316 e. The van der Waals surface area contributed by atoms with Crippen LogP contribution in [0.3, 0.4) is 0 Å². The second-order valence-electron chi connectivity index (χ2n) is 6.82. The zero-order valence-corrected chi connectivity index (χ0v) is 13.5. The summed E-state index contributed by atoms with van der Waals surface area (Å²) in [7, 11) is 4.32. The van der Waals surface area contributed by atoms with E-state index in [2.05, 4.69) is 46.4 Å². The van der Waals surface area contributed by atoms with Crippen molar-refractivity contribution in [1.82, 2.24) is 15.1 Å². The van der Waals surface area contributed by atoms with Crippen molar-refractivity contribution in [3.05, 3.63) is 35.4 Å². The van der Waals surface area contributed by atoms with E-state index in [4.69, 9.17) is 0 Å². The number of fused-ring (bicyclic) bond motifs is 1. The van der Waals surface area contributed by atoms with Crippen LogP contribution in [0.4, 0.5) is 0 Å². The van der Waals surface area contributed by atoms with Crippen LogP contribution >= 0.6 is 0 Å². The molecule has 2 heterocycles. The zero-order valence-electron chi connectivity index (χ0n) is 13.5. The molecule has 2 atom stereocenters. The molecule has 2 unspecified atom stereocenters. The Labute approximate surface area is 129 Å². The molecule has 2 fully saturated rings. The Bertz CT molecular complexity index is 460. The summed E-state index contributed by atoms with van der Waals surface area (Å²) >= 11 is 0. The van der Waals surface area contributed by atoms with E-state index in [9.17, 15) is 0 Å². The van der Waals surface area contributed by atoms with Crippen LogP contribution in [0.5, 0.6) is 0 Å². The number of likely N-dealkylation sites (tertiary alicyclic amines) is 2. The van der Waals surface area contributed by atoms with Gasteiger partial charge in [-0.25, -0.2) is 0 Å². The normalized spacial score (nSPS) is 27.5. The fourth-order valence-corrected chi connectivity index (χ4v) is 4.17. The van der Waals surface area contributed by atoms with Crippen LogP contribution in [0.1, 0.15) is 30.4 Å². The average molecular weight is 287 g/mol. The van der Waals surface area contributed by atoms with Crippen LogP contribution in [-0.2, 0) is 13.1 Å². The van der Waals surface area contributed by atoms with E-state index in [0.29, 0.717) is 0 Å². The van der Waals surface area contributed by atoms with Gasteiger partial charge in [0.05, 0.1) is 0 Å². The Morgan fingerprint density at radius 1 is 1.19 bits per heavy atom. The maximum absolute atomic E-state index is 3.24. The lowest BCUT2D eigenvalue weighted by Crippen LogP contribution is -2.52. The maximum Gasteiger partial charge on any atom is 0.0233 e. The predicted molar refractivity (Wildman–Crippen MR) is 88.2 cm³/mol. The first-order chi connectivity index (χ1) is 10.3. The largest absolute Gasteiger partial charge is 0.316 e. The van der Waals surface area contributed by atoms with E-state index in [-0.39, 0.29) is 0 Å². The zero-order chi connectivity index (χ0) is 14.7. The molecule has 2 aliphatic rings. The number of hydrogen-bond donors (Lipinski definition) is 1. The van der Waals surface area contributed by atoms with Gasteiger partial charge in [-0.3, -0.25) is 4.90 Å². The Kier molecular flexibility index (Phi) is 4.94. The molecule has 0 bridgehead atoms. The molecule has 3 rings (SSSR count). The van der Waals surface area contributed by atoms with Crippen molar-refractivity contribution in [3.8, 4) is 0 Å². The van der Waals surface area contributed by atoms with Crippen molar-refractivity contribution in [1.29, 1.82) is 0 Å². The molecule has 21 heavy (non-hydrogen) atoms. The van der Waals surface area contributed by atoms with Crippen LogP contribution in [-0.4, -0.2) is 49.6 Å². The molecule has 0 aliphatic carbocycles. The summed E-state index contributed by atoms with van der Waals surface area (Å²) in [5.74, 6) is 0.887. The van der Waals surface area contributed by atoms with Gasteiger partial charge in [-0.2, -0.15) is 0 Å². The Hall–Kier alpha value is -0.900. The topological polar surface area (TPSA) is 18.5 Å². The first-order valence-electron chi connectivity index (χ1n) is 8.41. The highest BCUT2D eigenvalue weighted by Crippen LogP contribution is 2.30. The Morgan fingerprint density at radius 3 is 2.90 bits per heavy atom. The molecule has 116 valence electrons. The first kappa shape index (κ1) is 15.0. The lowest BCUT2D eigenvalue weighted by atomic mass is 9.84. The molecule has 0 aromatic heterocycles. The standard InChI is InChI=1S/C18H29N3/c1-19-12-15-5-3-6-16(11-15)13-21-10-8-18-17(14-21)7-4-9-20(18)2/h3,5-6,11,17-19H,4,7-10,12-14H2,1-2H3. The van der Waals surface area contributed by atoms with Crippen molar-refractivity contribution in [2.24, 2.45) is 5.92 Å². The highest BCUT2D eigenvalue weighted by Gasteiger charge is 2.33. The van der Waals surface area contributed by atoms with Gasteiger partial charge in [0.15, 0.2) is 0 Å². The summed E-state index contributed by atoms with van der Waals surface area (Å²) in [4.78, 5) is 5.26. The molecule has 0 radical (unpaired) electrons. The number of piperidine rings is 2. The van der Waals surface area contributed by atoms with Crippen molar-refractivity contribution >= 4 is 0 Å². The van der Waals surface area contributed by atoms with Gasteiger partial charge >= 0.3 is 0 Å². The number of hydrogen-bond acceptors (Lipinski definition) is 3. The minimum atomic E-state index is 0.839. The molecule has 2 saturated heterocycles. The highest BCUT2D eigenvalue weighted by molar-refractivity contribution is 5.23. The van der Waals surface area contributed by atoms with Gasteiger partial charge in [0, 0.05) is 25.7 Å². The third-order valence-corrected chi connectivity index (χ3v) is 5.21. The number of nitrogens with zero attached hydrogens (tertiary/aromatic N) is 2. The van der Waals surface area contributed by atoms with Crippen molar-refractivity contribution in [3.63, 3.8) is 0 Å². The van der Waals surface area contributed by atoms with Gasteiger partial charge in [0.25, 0.3) is 0 Å². The van der Waals surface area contributed by atoms with Gasteiger partial charge in [0.2, 0.25) is 0 Å². The van der Waals surface area contributed by atoms with Crippen molar-refractivity contribution < 1.29 is 0 Å². The van der Waals surface area contributed by atoms with Crippen LogP contribution in [0, 0.1) is 5.92 Å². The van der Waals surface area contributed by atoms with E-state index < -0.39 is 0 Å². The smallest absolute Gasteiger partial charge is 0.0233 e. The first-order valence-corrected chi connectivity index (χ1v) is 8.41. The quantitative estimate of drug-likeness (QED) is 0.917. The second-order valence-corrected chi connectivity index (χ2v) is 6.82. The van der Waals surface area contributed by atoms with Gasteiger partial charge in [0.1, 0.15) is 0 Å². The van der Waals surface area contributed by atoms with Crippen LogP contribution < -0.4 is 5.32 Å². The number of nitrogens with one attached hydrogen (secondary N) is 1. The summed E-state index contributed by atoms with van der Waals surface area (Å²) < 4.78 is 0. The van der Waals surface area contributed by atoms with Gasteiger partial charge in [-0.15, -0.1) is 0 Å². The third-order valence-electron chi connectivity index (χ3n) is 5.21. The van der Waals surface area contributed by atoms with Crippen molar-refractivity contribution in [2.45, 2.75) is 38.4 Å². The van der Waals surface area contributed by atoms with Gasteiger partial charge in [-0.05, 0) is 63.5 Å². The molecule has 0 amide bonds. The molecular formula is C18H29N3. The molecule has 2 aliphatic heterocycles. The lowest BCUT2D eigenvalue weighted by Gasteiger charge is -2.46. The van der Waals surface area contributed by atoms with Gasteiger partial charge < -0.3 is 10.2 Å². The molecule has 0 saturated carbocycles. The average Bonchev–Trinajstić information content (AvgIpc) is 2.48. The number of rotatable bonds is 4. The monoisotopic (exact) mass is 287 g/mol. The summed E-state index contributed by atoms with van der Waals surface area (Å²) in [6, 6.07) is 9.88. The van der Waals surface area contributed by atoms with E-state index in [0.717, 1.165) is 25.0 Å². The number of benzene rings is 1. The summed E-state index contributed by atoms with van der Waals surface area (Å²) in [6.45, 7) is 5.91. The SMILES string of the molecule is CNCc1cccc(CN2CCC3C(CCCN3C)C2)c1. The summed E-state index contributed by atoms with van der Waals surface area (Å²) in [5, 5.41) is 3.24. The van der Waals surface area contributed by atoms with E-state index in [1.165, 1.54) is 50.0 Å². The van der Waals surface area contributed by atoms with E-state index in [1.807, 2.05) is 7.05 Å². The molecule has 0 spiro atoms. The molecule has 1 aromatic carbocycles. The molecular weight excluding hydrogens is 258 g/mol. The fraction of sp³-hybridized carbons (Fsp3) is 0.667. The van der Waals surface area contributed by atoms with E-state index >= 15 is 0 Å². The maximum atomic E-state index is 3.24. The fourth-order valence-electron chi connectivity index (χ4n) is 4.17. The highest BCUT2D eigenvalue weighted by atomic mass is 15.2. The summed E-state index contributed by atoms with van der Waals surface area (Å²) in [5.41, 5.74) is 2.85. The second kappa shape index (κ2) is 6.91. The lowest BCUT2D eigenvalue weighted by molar-refractivity contribution is 0.0355. The Balaban J connectivity index is 1.60.